The van der Waals surface area contributed by atoms with E-state index in [1.54, 1.807) is 0 Å². The number of furan rings is 1. The lowest BCUT2D eigenvalue weighted by Crippen LogP contribution is -2.34. The van der Waals surface area contributed by atoms with Crippen LogP contribution in [0.25, 0.3) is 0 Å². The summed E-state index contributed by atoms with van der Waals surface area (Å²) in [5.41, 5.74) is 0. The van der Waals surface area contributed by atoms with E-state index in [9.17, 15) is 8.42 Å². The molecular weight excluding hydrogens is 222 g/mol. The van der Waals surface area contributed by atoms with Crippen molar-refractivity contribution in [3.8, 4) is 0 Å². The van der Waals surface area contributed by atoms with Crippen molar-refractivity contribution in [2.45, 2.75) is 24.7 Å². The number of aliphatic hydroxyl groups is 2. The Labute approximate surface area is 87.6 Å². The molecule has 86 valence electrons. The summed E-state index contributed by atoms with van der Waals surface area (Å²) in [6, 6.07) is 2.04. The van der Waals surface area contributed by atoms with Crippen LogP contribution in [-0.4, -0.2) is 31.3 Å². The Bertz CT molecular complexity index is 410. The molecule has 1 atom stereocenters. The van der Waals surface area contributed by atoms with Crippen LogP contribution in [0.2, 0.25) is 0 Å². The lowest BCUT2D eigenvalue weighted by atomic mass is 10.4. The van der Waals surface area contributed by atoms with Crippen molar-refractivity contribution in [1.82, 2.24) is 4.72 Å². The van der Waals surface area contributed by atoms with Crippen LogP contribution in [0.15, 0.2) is 21.6 Å². The van der Waals surface area contributed by atoms with Crippen LogP contribution < -0.4 is 4.72 Å². The average molecular weight is 235 g/mol. The highest BCUT2D eigenvalue weighted by Crippen LogP contribution is 2.13. The summed E-state index contributed by atoms with van der Waals surface area (Å²) in [6.45, 7) is 0.866. The summed E-state index contributed by atoms with van der Waals surface area (Å²) in [4.78, 5) is 0. The van der Waals surface area contributed by atoms with Gasteiger partial charge in [0.25, 0.3) is 10.0 Å². The maximum Gasteiger partial charge on any atom is 0.274 e. The Kier molecular flexibility index (Phi) is 3.86. The predicted octanol–water partition coefficient (Wildman–Crippen LogP) is -0.569. The highest BCUT2D eigenvalue weighted by atomic mass is 32.2. The normalized spacial score (nSPS) is 14.1. The van der Waals surface area contributed by atoms with Crippen LogP contribution in [-0.2, 0) is 16.6 Å². The molecule has 0 saturated heterocycles. The van der Waals surface area contributed by atoms with Crippen LogP contribution in [0.3, 0.4) is 0 Å². The van der Waals surface area contributed by atoms with Gasteiger partial charge in [-0.15, -0.1) is 0 Å². The SMILES string of the molecule is CC(CO)NS(=O)(=O)c1ccc(CO)o1. The summed E-state index contributed by atoms with van der Waals surface area (Å²) in [5, 5.41) is 17.1. The lowest BCUT2D eigenvalue weighted by Gasteiger charge is -2.08. The minimum Gasteiger partial charge on any atom is -0.446 e. The monoisotopic (exact) mass is 235 g/mol. The van der Waals surface area contributed by atoms with Crippen molar-refractivity contribution >= 4 is 10.0 Å². The van der Waals surface area contributed by atoms with Gasteiger partial charge in [-0.1, -0.05) is 0 Å². The topological polar surface area (TPSA) is 99.8 Å². The first-order chi connectivity index (χ1) is 6.99. The van der Waals surface area contributed by atoms with E-state index in [-0.39, 0.29) is 24.1 Å². The van der Waals surface area contributed by atoms with Crippen molar-refractivity contribution in [2.24, 2.45) is 0 Å². The molecule has 1 unspecified atom stereocenters. The number of rotatable bonds is 5. The summed E-state index contributed by atoms with van der Waals surface area (Å²) in [7, 11) is -3.75. The summed E-state index contributed by atoms with van der Waals surface area (Å²) in [6.07, 6.45) is 0. The van der Waals surface area contributed by atoms with E-state index in [2.05, 4.69) is 4.72 Å². The van der Waals surface area contributed by atoms with Crippen molar-refractivity contribution in [3.63, 3.8) is 0 Å². The van der Waals surface area contributed by atoms with E-state index in [0.29, 0.717) is 0 Å². The van der Waals surface area contributed by atoms with E-state index in [0.717, 1.165) is 0 Å². The molecule has 0 aromatic carbocycles. The third kappa shape index (κ3) is 3.03. The Morgan fingerprint density at radius 3 is 2.60 bits per heavy atom. The molecule has 0 saturated carbocycles. The van der Waals surface area contributed by atoms with Crippen molar-refractivity contribution < 1.29 is 23.0 Å². The van der Waals surface area contributed by atoms with Gasteiger partial charge in [0.1, 0.15) is 12.4 Å². The molecule has 0 bridgehead atoms. The first-order valence-electron chi connectivity index (χ1n) is 4.32. The zero-order valence-corrected chi connectivity index (χ0v) is 8.99. The second-order valence-corrected chi connectivity index (χ2v) is 4.73. The molecular formula is C8H13NO5S. The molecule has 0 aliphatic heterocycles. The standard InChI is InChI=1S/C8H13NO5S/c1-6(4-10)9-15(12,13)8-3-2-7(5-11)14-8/h2-3,6,9-11H,4-5H2,1H3. The second-order valence-electron chi connectivity index (χ2n) is 3.08. The van der Waals surface area contributed by atoms with Gasteiger partial charge in [-0.2, -0.15) is 0 Å². The lowest BCUT2D eigenvalue weighted by molar-refractivity contribution is 0.235. The predicted molar refractivity (Wildman–Crippen MR) is 51.5 cm³/mol. The molecule has 0 radical (unpaired) electrons. The Balaban J connectivity index is 2.86. The van der Waals surface area contributed by atoms with Gasteiger partial charge in [-0.3, -0.25) is 0 Å². The zero-order valence-electron chi connectivity index (χ0n) is 8.17. The maximum atomic E-state index is 11.5. The van der Waals surface area contributed by atoms with Gasteiger partial charge in [0.05, 0.1) is 6.61 Å². The van der Waals surface area contributed by atoms with Crippen molar-refractivity contribution in [2.75, 3.05) is 6.61 Å². The summed E-state index contributed by atoms with van der Waals surface area (Å²) < 4.78 is 30.1. The van der Waals surface area contributed by atoms with Gasteiger partial charge in [-0.05, 0) is 19.1 Å². The van der Waals surface area contributed by atoms with E-state index >= 15 is 0 Å². The third-order valence-corrected chi connectivity index (χ3v) is 3.15. The number of hydrogen-bond acceptors (Lipinski definition) is 5. The maximum absolute atomic E-state index is 11.5. The fourth-order valence-electron chi connectivity index (χ4n) is 0.948. The molecule has 7 heteroatoms. The second kappa shape index (κ2) is 4.75. The molecule has 0 aliphatic rings. The number of hydrogen-bond donors (Lipinski definition) is 3. The summed E-state index contributed by atoms with van der Waals surface area (Å²) >= 11 is 0. The van der Waals surface area contributed by atoms with E-state index in [4.69, 9.17) is 14.6 Å². The van der Waals surface area contributed by atoms with Crippen molar-refractivity contribution in [1.29, 1.82) is 0 Å². The molecule has 15 heavy (non-hydrogen) atoms. The van der Waals surface area contributed by atoms with Crippen LogP contribution in [0, 0.1) is 0 Å². The van der Waals surface area contributed by atoms with E-state index in [1.165, 1.54) is 19.1 Å². The molecule has 1 rings (SSSR count). The van der Waals surface area contributed by atoms with Crippen LogP contribution in [0.5, 0.6) is 0 Å². The van der Waals surface area contributed by atoms with Gasteiger partial charge < -0.3 is 14.6 Å². The van der Waals surface area contributed by atoms with Crippen molar-refractivity contribution in [3.05, 3.63) is 17.9 Å². The Morgan fingerprint density at radius 1 is 1.47 bits per heavy atom. The minimum atomic E-state index is -3.75. The number of sulfonamides is 1. The molecule has 1 heterocycles. The Hall–Kier alpha value is -0.890. The van der Waals surface area contributed by atoms with Crippen LogP contribution in [0.1, 0.15) is 12.7 Å². The van der Waals surface area contributed by atoms with Gasteiger partial charge in [0, 0.05) is 6.04 Å². The molecule has 6 nitrogen and oxygen atoms in total. The summed E-state index contributed by atoms with van der Waals surface area (Å²) in [5.74, 6) is 0.173. The van der Waals surface area contributed by atoms with E-state index < -0.39 is 16.1 Å². The average Bonchev–Trinajstić information content (AvgIpc) is 2.65. The number of nitrogens with one attached hydrogen (secondary N) is 1. The quantitative estimate of drug-likeness (QED) is 0.634. The van der Waals surface area contributed by atoms with Crippen LogP contribution >= 0.6 is 0 Å². The first-order valence-corrected chi connectivity index (χ1v) is 5.80. The molecule has 0 amide bonds. The van der Waals surface area contributed by atoms with E-state index in [1.807, 2.05) is 0 Å². The molecule has 1 aromatic rings. The van der Waals surface area contributed by atoms with Crippen LogP contribution in [0.4, 0.5) is 0 Å². The highest BCUT2D eigenvalue weighted by Gasteiger charge is 2.20. The minimum absolute atomic E-state index is 0.173. The molecule has 3 N–H and O–H groups in total. The zero-order chi connectivity index (χ0) is 11.5. The number of aliphatic hydroxyl groups excluding tert-OH is 2. The molecule has 1 aromatic heterocycles. The van der Waals surface area contributed by atoms with Gasteiger partial charge in [0.15, 0.2) is 0 Å². The Morgan fingerprint density at radius 2 is 2.13 bits per heavy atom. The first kappa shape index (κ1) is 12.2. The third-order valence-electron chi connectivity index (χ3n) is 1.69. The van der Waals surface area contributed by atoms with Gasteiger partial charge >= 0.3 is 0 Å². The molecule has 0 aliphatic carbocycles. The fraction of sp³-hybridized carbons (Fsp3) is 0.500. The largest absolute Gasteiger partial charge is 0.446 e. The van der Waals surface area contributed by atoms with Gasteiger partial charge in [-0.25, -0.2) is 13.1 Å². The fourth-order valence-corrected chi connectivity index (χ4v) is 2.13. The molecule has 0 fully saturated rings. The highest BCUT2D eigenvalue weighted by molar-refractivity contribution is 7.89. The van der Waals surface area contributed by atoms with Gasteiger partial charge in [0.2, 0.25) is 5.09 Å². The smallest absolute Gasteiger partial charge is 0.274 e. The molecule has 0 spiro atoms.